The van der Waals surface area contributed by atoms with Crippen LogP contribution >= 0.6 is 24.2 Å². The summed E-state index contributed by atoms with van der Waals surface area (Å²) in [6.45, 7) is 4.27. The summed E-state index contributed by atoms with van der Waals surface area (Å²) >= 11 is 1.71. The second kappa shape index (κ2) is 10.9. The number of hydrogen-bond acceptors (Lipinski definition) is 5. The summed E-state index contributed by atoms with van der Waals surface area (Å²) in [6, 6.07) is 6.04. The lowest BCUT2D eigenvalue weighted by Crippen LogP contribution is -2.40. The number of piperidine rings is 1. The number of ether oxygens (including phenoxy) is 2. The van der Waals surface area contributed by atoms with Crippen molar-refractivity contribution in [3.05, 3.63) is 18.2 Å². The molecule has 0 radical (unpaired) electrons. The van der Waals surface area contributed by atoms with Gasteiger partial charge in [-0.1, -0.05) is 0 Å². The zero-order valence-electron chi connectivity index (χ0n) is 15.4. The average molecular weight is 401 g/mol. The molecule has 0 saturated carbocycles. The lowest BCUT2D eigenvalue weighted by atomic mass is 9.97. The van der Waals surface area contributed by atoms with Crippen molar-refractivity contribution in [1.29, 1.82) is 0 Å². The molecule has 0 unspecified atom stereocenters. The van der Waals surface area contributed by atoms with Crippen molar-refractivity contribution >= 4 is 30.1 Å². The highest BCUT2D eigenvalue weighted by molar-refractivity contribution is 7.99. The van der Waals surface area contributed by atoms with E-state index in [4.69, 9.17) is 9.47 Å². The van der Waals surface area contributed by atoms with E-state index >= 15 is 0 Å². The second-order valence-electron chi connectivity index (χ2n) is 6.64. The van der Waals surface area contributed by atoms with Crippen LogP contribution in [0.1, 0.15) is 25.7 Å². The van der Waals surface area contributed by atoms with E-state index in [1.54, 1.807) is 11.8 Å². The number of carbonyl (C=O) groups is 1. The predicted octanol–water partition coefficient (Wildman–Crippen LogP) is 3.21. The predicted molar refractivity (Wildman–Crippen MR) is 108 cm³/mol. The normalized spacial score (nSPS) is 17.3. The Hall–Kier alpha value is -1.11. The van der Waals surface area contributed by atoms with Crippen LogP contribution in [0, 0.1) is 5.92 Å². The van der Waals surface area contributed by atoms with Gasteiger partial charge in [-0.3, -0.25) is 4.79 Å². The van der Waals surface area contributed by atoms with Gasteiger partial charge in [-0.15, -0.1) is 24.2 Å². The number of benzene rings is 1. The molecule has 7 heteroatoms. The summed E-state index contributed by atoms with van der Waals surface area (Å²) < 4.78 is 11.4. The molecule has 0 atom stereocenters. The molecule has 1 saturated heterocycles. The Kier molecular flexibility index (Phi) is 8.88. The Morgan fingerprint density at radius 3 is 2.69 bits per heavy atom. The third-order valence-electron chi connectivity index (χ3n) is 4.76. The minimum Gasteiger partial charge on any atom is -0.490 e. The van der Waals surface area contributed by atoms with E-state index in [0.29, 0.717) is 25.6 Å². The summed E-state index contributed by atoms with van der Waals surface area (Å²) in [7, 11) is 1.99. The molecule has 146 valence electrons. The maximum atomic E-state index is 12.4. The highest BCUT2D eigenvalue weighted by Gasteiger charge is 2.22. The Bertz CT molecular complexity index is 580. The summed E-state index contributed by atoms with van der Waals surface area (Å²) in [6.07, 6.45) is 3.73. The summed E-state index contributed by atoms with van der Waals surface area (Å²) in [5.41, 5.74) is 0. The second-order valence-corrected chi connectivity index (χ2v) is 7.81. The summed E-state index contributed by atoms with van der Waals surface area (Å²) in [4.78, 5) is 15.5. The number of amides is 1. The Labute approximate surface area is 166 Å². The lowest BCUT2D eigenvalue weighted by molar-refractivity contribution is -0.132. The average Bonchev–Trinajstić information content (AvgIpc) is 2.87. The van der Waals surface area contributed by atoms with E-state index in [-0.39, 0.29) is 18.3 Å². The molecule has 2 aliphatic rings. The van der Waals surface area contributed by atoms with Gasteiger partial charge in [0.15, 0.2) is 11.5 Å². The summed E-state index contributed by atoms with van der Waals surface area (Å²) in [5, 5.41) is 3.23. The molecule has 26 heavy (non-hydrogen) atoms. The fraction of sp³-hybridized carbons (Fsp3) is 0.632. The number of rotatable bonds is 6. The molecular formula is C19H29ClN2O3S. The molecule has 1 N–H and O–H groups in total. The molecule has 1 aromatic carbocycles. The van der Waals surface area contributed by atoms with Crippen LogP contribution < -0.4 is 14.8 Å². The molecule has 0 aromatic heterocycles. The number of likely N-dealkylation sites (tertiary alicyclic amines) is 1. The third kappa shape index (κ3) is 5.96. The minimum absolute atomic E-state index is 0. The first-order valence-electron chi connectivity index (χ1n) is 9.21. The van der Waals surface area contributed by atoms with Crippen LogP contribution in [0.5, 0.6) is 11.5 Å². The van der Waals surface area contributed by atoms with Gasteiger partial charge in [-0.2, -0.15) is 0 Å². The Morgan fingerprint density at radius 2 is 1.96 bits per heavy atom. The van der Waals surface area contributed by atoms with Gasteiger partial charge in [0.1, 0.15) is 0 Å². The molecule has 3 rings (SSSR count). The van der Waals surface area contributed by atoms with Gasteiger partial charge in [0, 0.05) is 36.6 Å². The van der Waals surface area contributed by atoms with Crippen molar-refractivity contribution in [3.63, 3.8) is 0 Å². The highest BCUT2D eigenvalue weighted by Crippen LogP contribution is 2.34. The molecule has 0 spiro atoms. The molecule has 0 aliphatic carbocycles. The fourth-order valence-corrected chi connectivity index (χ4v) is 4.19. The maximum absolute atomic E-state index is 12.4. The molecule has 1 aromatic rings. The van der Waals surface area contributed by atoms with Crippen LogP contribution in [0.15, 0.2) is 23.1 Å². The number of nitrogens with zero attached hydrogens (tertiary/aromatic N) is 1. The van der Waals surface area contributed by atoms with E-state index in [1.165, 1.54) is 0 Å². The molecular weight excluding hydrogens is 372 g/mol. The van der Waals surface area contributed by atoms with Gasteiger partial charge in [0.2, 0.25) is 5.91 Å². The largest absolute Gasteiger partial charge is 0.490 e. The van der Waals surface area contributed by atoms with Crippen LogP contribution in [0.4, 0.5) is 0 Å². The maximum Gasteiger partial charge on any atom is 0.223 e. The third-order valence-corrected chi connectivity index (χ3v) is 5.76. The van der Waals surface area contributed by atoms with Gasteiger partial charge < -0.3 is 19.7 Å². The quantitative estimate of drug-likeness (QED) is 0.743. The first-order valence-corrected chi connectivity index (χ1v) is 10.2. The van der Waals surface area contributed by atoms with Crippen molar-refractivity contribution in [3.8, 4) is 11.5 Å². The zero-order valence-corrected chi connectivity index (χ0v) is 17.0. The monoisotopic (exact) mass is 400 g/mol. The van der Waals surface area contributed by atoms with Gasteiger partial charge >= 0.3 is 0 Å². The lowest BCUT2D eigenvalue weighted by Gasteiger charge is -2.32. The van der Waals surface area contributed by atoms with Gasteiger partial charge in [-0.05, 0) is 50.6 Å². The number of nitrogens with one attached hydrogen (secondary N) is 1. The number of carbonyl (C=O) groups excluding carboxylic acids is 1. The van der Waals surface area contributed by atoms with Crippen molar-refractivity contribution in [2.24, 2.45) is 5.92 Å². The fourth-order valence-electron chi connectivity index (χ4n) is 3.32. The van der Waals surface area contributed by atoms with Crippen LogP contribution in [0.25, 0.3) is 0 Å². The molecule has 1 fully saturated rings. The zero-order chi connectivity index (χ0) is 17.5. The first-order chi connectivity index (χ1) is 12.3. The number of fused-ring (bicyclic) bond motifs is 1. The number of halogens is 1. The van der Waals surface area contributed by atoms with E-state index < -0.39 is 0 Å². The first kappa shape index (κ1) is 21.2. The van der Waals surface area contributed by atoms with Crippen molar-refractivity contribution in [1.82, 2.24) is 10.2 Å². The molecule has 1 amide bonds. The Balaban J connectivity index is 0.00000243. The van der Waals surface area contributed by atoms with Crippen LogP contribution in [-0.4, -0.2) is 56.5 Å². The molecule has 0 bridgehead atoms. The van der Waals surface area contributed by atoms with Crippen molar-refractivity contribution < 1.29 is 14.3 Å². The van der Waals surface area contributed by atoms with Crippen LogP contribution in [0.3, 0.4) is 0 Å². The molecule has 2 aliphatic heterocycles. The topological polar surface area (TPSA) is 50.8 Å². The smallest absolute Gasteiger partial charge is 0.223 e. The standard InChI is InChI=1S/C19H28N2O3S.ClH/c1-20-14-15-5-8-21(9-6-15)19(22)7-12-25-16-3-4-17-18(13-16)24-11-2-10-23-17;/h3-4,13,15,20H,2,5-12,14H2,1H3;1H. The summed E-state index contributed by atoms with van der Waals surface area (Å²) in [5.74, 6) is 3.44. The van der Waals surface area contributed by atoms with E-state index in [9.17, 15) is 4.79 Å². The highest BCUT2D eigenvalue weighted by atomic mass is 35.5. The van der Waals surface area contributed by atoms with Gasteiger partial charge in [0.25, 0.3) is 0 Å². The number of hydrogen-bond donors (Lipinski definition) is 1. The van der Waals surface area contributed by atoms with E-state index in [0.717, 1.165) is 61.0 Å². The van der Waals surface area contributed by atoms with Crippen LogP contribution in [-0.2, 0) is 4.79 Å². The van der Waals surface area contributed by atoms with E-state index in [2.05, 4.69) is 5.32 Å². The minimum atomic E-state index is 0. The SMILES string of the molecule is CNCC1CCN(C(=O)CCSc2ccc3c(c2)OCCCO3)CC1.Cl. The van der Waals surface area contributed by atoms with Gasteiger partial charge in [0.05, 0.1) is 13.2 Å². The van der Waals surface area contributed by atoms with Crippen LogP contribution in [0.2, 0.25) is 0 Å². The van der Waals surface area contributed by atoms with E-state index in [1.807, 2.05) is 30.1 Å². The van der Waals surface area contributed by atoms with Crippen molar-refractivity contribution in [2.45, 2.75) is 30.6 Å². The number of thioether (sulfide) groups is 1. The van der Waals surface area contributed by atoms with Crippen molar-refractivity contribution in [2.75, 3.05) is 45.6 Å². The van der Waals surface area contributed by atoms with Gasteiger partial charge in [-0.25, -0.2) is 0 Å². The molecule has 5 nitrogen and oxygen atoms in total. The Morgan fingerprint density at radius 1 is 1.23 bits per heavy atom. The molecule has 2 heterocycles.